The molecule has 3 aromatic rings. The molecule has 0 amide bonds. The van der Waals surface area contributed by atoms with Gasteiger partial charge in [0.1, 0.15) is 4.83 Å². The van der Waals surface area contributed by atoms with Crippen LogP contribution in [-0.2, 0) is 19.4 Å². The highest BCUT2D eigenvalue weighted by Crippen LogP contribution is 2.35. The Morgan fingerprint density at radius 1 is 1.13 bits per heavy atom. The van der Waals surface area contributed by atoms with Crippen LogP contribution in [0, 0.1) is 5.92 Å². The topological polar surface area (TPSA) is 52.0 Å². The Kier molecular flexibility index (Phi) is 5.32. The van der Waals surface area contributed by atoms with Gasteiger partial charge in [-0.05, 0) is 55.1 Å². The van der Waals surface area contributed by atoms with Gasteiger partial charge in [-0.2, -0.15) is 0 Å². The number of nitrogens with zero attached hydrogens (tertiary/aromatic N) is 2. The van der Waals surface area contributed by atoms with E-state index in [2.05, 4.69) is 24.0 Å². The second kappa shape index (κ2) is 8.10. The molecule has 5 heteroatoms. The van der Waals surface area contributed by atoms with Crippen molar-refractivity contribution < 1.29 is 4.79 Å². The minimum atomic E-state index is -0.0702. The minimum Gasteiger partial charge on any atom is -0.292 e. The van der Waals surface area contributed by atoms with E-state index in [-0.39, 0.29) is 17.9 Å². The summed E-state index contributed by atoms with van der Waals surface area (Å²) in [6, 6.07) is 8.06. The fraction of sp³-hybridized carbons (Fsp3) is 0.480. The molecule has 4 nitrogen and oxygen atoms in total. The van der Waals surface area contributed by atoms with E-state index < -0.39 is 0 Å². The summed E-state index contributed by atoms with van der Waals surface area (Å²) in [7, 11) is 0. The summed E-state index contributed by atoms with van der Waals surface area (Å²) in [6.45, 7) is 2.31. The van der Waals surface area contributed by atoms with Crippen LogP contribution >= 0.6 is 11.3 Å². The van der Waals surface area contributed by atoms with Gasteiger partial charge in [0.15, 0.2) is 5.78 Å². The van der Waals surface area contributed by atoms with Gasteiger partial charge >= 0.3 is 0 Å². The average Bonchev–Trinajstić information content (AvgIpc) is 3.14. The van der Waals surface area contributed by atoms with Crippen molar-refractivity contribution >= 4 is 27.3 Å². The Bertz CT molecular complexity index is 1140. The molecule has 30 heavy (non-hydrogen) atoms. The van der Waals surface area contributed by atoms with Crippen LogP contribution in [0.25, 0.3) is 10.2 Å². The van der Waals surface area contributed by atoms with E-state index in [4.69, 9.17) is 0 Å². The van der Waals surface area contributed by atoms with Crippen molar-refractivity contribution in [2.45, 2.75) is 70.8 Å². The molecule has 156 valence electrons. The van der Waals surface area contributed by atoms with E-state index >= 15 is 0 Å². The fourth-order valence-corrected chi connectivity index (χ4v) is 6.44. The molecule has 2 aliphatic carbocycles. The third kappa shape index (κ3) is 3.64. The highest BCUT2D eigenvalue weighted by molar-refractivity contribution is 7.18. The largest absolute Gasteiger partial charge is 0.292 e. The van der Waals surface area contributed by atoms with Gasteiger partial charge in [0.25, 0.3) is 5.56 Å². The first kappa shape index (κ1) is 19.7. The molecule has 2 aliphatic rings. The normalized spacial score (nSPS) is 19.7. The number of rotatable bonds is 4. The van der Waals surface area contributed by atoms with Crippen molar-refractivity contribution in [3.63, 3.8) is 0 Å². The Balaban J connectivity index is 1.38. The van der Waals surface area contributed by atoms with Crippen LogP contribution in [0.3, 0.4) is 0 Å². The first-order valence-corrected chi connectivity index (χ1v) is 12.0. The van der Waals surface area contributed by atoms with Crippen LogP contribution in [-0.4, -0.2) is 15.3 Å². The van der Waals surface area contributed by atoms with Crippen molar-refractivity contribution in [1.82, 2.24) is 9.55 Å². The zero-order valence-electron chi connectivity index (χ0n) is 17.5. The molecule has 0 saturated heterocycles. The number of aryl methyl sites for hydroxylation is 1. The molecule has 0 radical (unpaired) electrons. The lowest BCUT2D eigenvalue weighted by atomic mass is 9.84. The maximum atomic E-state index is 13.1. The highest BCUT2D eigenvalue weighted by Gasteiger charge is 2.23. The standard InChI is InChI=1S/C25H28N2O2S/c1-16-7-12-20-22(13-16)30-24-23(20)25(29)27(15-26-24)14-21(28)19-10-8-18(9-11-19)17-5-3-2-4-6-17/h8-11,15-17H,2-7,12-14H2,1H3. The molecule has 2 heterocycles. The van der Waals surface area contributed by atoms with Gasteiger partial charge < -0.3 is 0 Å². The van der Waals surface area contributed by atoms with E-state index in [1.165, 1.54) is 52.7 Å². The predicted octanol–water partition coefficient (Wildman–Crippen LogP) is 5.51. The molecule has 0 N–H and O–H groups in total. The van der Waals surface area contributed by atoms with Gasteiger partial charge in [0.2, 0.25) is 0 Å². The zero-order chi connectivity index (χ0) is 20.7. The summed E-state index contributed by atoms with van der Waals surface area (Å²) >= 11 is 1.65. The highest BCUT2D eigenvalue weighted by atomic mass is 32.1. The van der Waals surface area contributed by atoms with Crippen LogP contribution in [0.4, 0.5) is 0 Å². The maximum Gasteiger partial charge on any atom is 0.262 e. The molecule has 1 unspecified atom stereocenters. The number of carbonyl (C=O) groups is 1. The third-order valence-corrected chi connectivity index (χ3v) is 8.07. The molecular formula is C25H28N2O2S. The molecule has 2 aromatic heterocycles. The van der Waals surface area contributed by atoms with Gasteiger partial charge in [0, 0.05) is 10.4 Å². The average molecular weight is 421 g/mol. The van der Waals surface area contributed by atoms with E-state index in [0.717, 1.165) is 29.5 Å². The summed E-state index contributed by atoms with van der Waals surface area (Å²) in [5.74, 6) is 1.25. The molecule has 1 aromatic carbocycles. The molecule has 0 aliphatic heterocycles. The summed E-state index contributed by atoms with van der Waals surface area (Å²) in [5.41, 5.74) is 3.11. The summed E-state index contributed by atoms with van der Waals surface area (Å²) in [5, 5.41) is 0.741. The Labute approximate surface area is 181 Å². The number of hydrogen-bond acceptors (Lipinski definition) is 4. The molecule has 1 fully saturated rings. The summed E-state index contributed by atoms with van der Waals surface area (Å²) < 4.78 is 1.49. The SMILES string of the molecule is CC1CCc2c(sc3ncn(CC(=O)c4ccc(C5CCCCC5)cc4)c(=O)c23)C1. The second-order valence-corrected chi connectivity index (χ2v) is 10.2. The van der Waals surface area contributed by atoms with Gasteiger partial charge in [-0.3, -0.25) is 14.2 Å². The predicted molar refractivity (Wildman–Crippen MR) is 122 cm³/mol. The summed E-state index contributed by atoms with van der Waals surface area (Å²) in [4.78, 5) is 32.7. The lowest BCUT2D eigenvalue weighted by Crippen LogP contribution is -2.25. The number of fused-ring (bicyclic) bond motifs is 3. The molecule has 0 spiro atoms. The molecular weight excluding hydrogens is 392 g/mol. The number of aromatic nitrogens is 2. The van der Waals surface area contributed by atoms with Gasteiger partial charge in [-0.25, -0.2) is 4.98 Å². The van der Waals surface area contributed by atoms with Crippen LogP contribution in [0.15, 0.2) is 35.4 Å². The zero-order valence-corrected chi connectivity index (χ0v) is 18.3. The molecule has 5 rings (SSSR count). The Morgan fingerprint density at radius 3 is 2.67 bits per heavy atom. The van der Waals surface area contributed by atoms with Gasteiger partial charge in [-0.15, -0.1) is 11.3 Å². The van der Waals surface area contributed by atoms with E-state index in [9.17, 15) is 9.59 Å². The number of Topliss-reactive ketones (excluding diaryl/α,β-unsaturated/α-hetero) is 1. The first-order chi connectivity index (χ1) is 14.6. The van der Waals surface area contributed by atoms with Crippen molar-refractivity contribution in [3.05, 3.63) is 62.5 Å². The number of hydrogen-bond donors (Lipinski definition) is 0. The van der Waals surface area contributed by atoms with Crippen molar-refractivity contribution in [2.75, 3.05) is 0 Å². The van der Waals surface area contributed by atoms with Crippen LogP contribution in [0.2, 0.25) is 0 Å². The molecule has 1 saturated carbocycles. The smallest absolute Gasteiger partial charge is 0.262 e. The van der Waals surface area contributed by atoms with Crippen LogP contribution < -0.4 is 5.56 Å². The lowest BCUT2D eigenvalue weighted by Gasteiger charge is -2.22. The quantitative estimate of drug-likeness (QED) is 0.523. The van der Waals surface area contributed by atoms with Crippen LogP contribution in [0.1, 0.15) is 77.7 Å². The van der Waals surface area contributed by atoms with Gasteiger partial charge in [-0.1, -0.05) is 50.5 Å². The van der Waals surface area contributed by atoms with Crippen molar-refractivity contribution in [2.24, 2.45) is 5.92 Å². The number of carbonyl (C=O) groups excluding carboxylic acids is 1. The first-order valence-electron chi connectivity index (χ1n) is 11.2. The molecule has 0 bridgehead atoms. The molecule has 1 atom stereocenters. The fourth-order valence-electron chi connectivity index (χ4n) is 5.10. The van der Waals surface area contributed by atoms with Crippen LogP contribution in [0.5, 0.6) is 0 Å². The van der Waals surface area contributed by atoms with Crippen molar-refractivity contribution in [3.8, 4) is 0 Å². The number of thiophene rings is 1. The number of ketones is 1. The summed E-state index contributed by atoms with van der Waals surface area (Å²) in [6.07, 6.45) is 11.1. The minimum absolute atomic E-state index is 0.0360. The maximum absolute atomic E-state index is 13.1. The van der Waals surface area contributed by atoms with E-state index in [1.54, 1.807) is 17.7 Å². The van der Waals surface area contributed by atoms with E-state index in [1.807, 2.05) is 12.1 Å². The lowest BCUT2D eigenvalue weighted by molar-refractivity contribution is 0.0970. The second-order valence-electron chi connectivity index (χ2n) is 9.09. The van der Waals surface area contributed by atoms with Crippen molar-refractivity contribution in [1.29, 1.82) is 0 Å². The van der Waals surface area contributed by atoms with Gasteiger partial charge in [0.05, 0.1) is 18.3 Å². The number of benzene rings is 1. The Hall–Kier alpha value is -2.27. The third-order valence-electron chi connectivity index (χ3n) is 6.91. The Morgan fingerprint density at radius 2 is 1.90 bits per heavy atom. The monoisotopic (exact) mass is 420 g/mol. The van der Waals surface area contributed by atoms with E-state index in [0.29, 0.717) is 17.4 Å².